The quantitative estimate of drug-likeness (QED) is 0.789. The summed E-state index contributed by atoms with van der Waals surface area (Å²) in [5, 5.41) is 3.81. The molecule has 0 bridgehead atoms. The number of halogens is 1. The normalized spacial score (nSPS) is 10.5. The van der Waals surface area contributed by atoms with Crippen molar-refractivity contribution in [3.63, 3.8) is 0 Å². The molecule has 1 N–H and O–H groups in total. The zero-order valence-corrected chi connectivity index (χ0v) is 10.8. The van der Waals surface area contributed by atoms with E-state index in [2.05, 4.69) is 15.3 Å². The lowest BCUT2D eigenvalue weighted by Gasteiger charge is -2.11. The first kappa shape index (κ1) is 12.3. The molecule has 4 nitrogen and oxygen atoms in total. The van der Waals surface area contributed by atoms with Crippen molar-refractivity contribution in [2.75, 3.05) is 12.4 Å². The molecular formula is C15H12FN3O. The van der Waals surface area contributed by atoms with Gasteiger partial charge in [0.05, 0.1) is 10.9 Å². The topological polar surface area (TPSA) is 47.0 Å². The first-order valence-electron chi connectivity index (χ1n) is 6.13. The van der Waals surface area contributed by atoms with Crippen LogP contribution < -0.4 is 10.1 Å². The second kappa shape index (κ2) is 5.13. The Morgan fingerprint density at radius 2 is 1.85 bits per heavy atom. The number of aromatic nitrogens is 2. The summed E-state index contributed by atoms with van der Waals surface area (Å²) in [6.07, 6.45) is 1.50. The Hall–Kier alpha value is -2.69. The highest BCUT2D eigenvalue weighted by molar-refractivity contribution is 5.94. The van der Waals surface area contributed by atoms with E-state index in [0.717, 1.165) is 10.9 Å². The van der Waals surface area contributed by atoms with Gasteiger partial charge in [-0.15, -0.1) is 0 Å². The number of ether oxygens (including phenoxy) is 1. The molecule has 3 rings (SSSR count). The third-order valence-corrected chi connectivity index (χ3v) is 2.90. The van der Waals surface area contributed by atoms with Crippen molar-refractivity contribution < 1.29 is 9.13 Å². The predicted molar refractivity (Wildman–Crippen MR) is 75.6 cm³/mol. The smallest absolute Gasteiger partial charge is 0.140 e. The van der Waals surface area contributed by atoms with Crippen LogP contribution in [-0.4, -0.2) is 17.0 Å². The minimum atomic E-state index is -0.297. The van der Waals surface area contributed by atoms with Crippen molar-refractivity contribution in [1.29, 1.82) is 0 Å². The second-order valence-electron chi connectivity index (χ2n) is 4.18. The SMILES string of the molecule is CNc1ncnc2cccc(Oc3ccc(F)cc3)c12. The number of benzene rings is 2. The molecule has 0 fully saturated rings. The van der Waals surface area contributed by atoms with Crippen molar-refractivity contribution >= 4 is 16.7 Å². The largest absolute Gasteiger partial charge is 0.457 e. The van der Waals surface area contributed by atoms with E-state index in [1.807, 2.05) is 18.2 Å². The van der Waals surface area contributed by atoms with Crippen LogP contribution in [0.5, 0.6) is 11.5 Å². The summed E-state index contributed by atoms with van der Waals surface area (Å²) in [6.45, 7) is 0. The fourth-order valence-electron chi connectivity index (χ4n) is 1.98. The maximum Gasteiger partial charge on any atom is 0.140 e. The summed E-state index contributed by atoms with van der Waals surface area (Å²) in [5.74, 6) is 1.58. The molecule has 0 amide bonds. The fraction of sp³-hybridized carbons (Fsp3) is 0.0667. The maximum absolute atomic E-state index is 12.9. The van der Waals surface area contributed by atoms with E-state index in [4.69, 9.17) is 4.74 Å². The molecule has 0 spiro atoms. The summed E-state index contributed by atoms with van der Waals surface area (Å²) in [7, 11) is 1.79. The maximum atomic E-state index is 12.9. The molecule has 5 heteroatoms. The average Bonchev–Trinajstić information content (AvgIpc) is 2.49. The average molecular weight is 269 g/mol. The molecule has 100 valence electrons. The zero-order chi connectivity index (χ0) is 13.9. The number of fused-ring (bicyclic) bond motifs is 1. The van der Waals surface area contributed by atoms with E-state index in [9.17, 15) is 4.39 Å². The highest BCUT2D eigenvalue weighted by Gasteiger charge is 2.09. The van der Waals surface area contributed by atoms with Gasteiger partial charge >= 0.3 is 0 Å². The van der Waals surface area contributed by atoms with Gasteiger partial charge in [0.2, 0.25) is 0 Å². The summed E-state index contributed by atoms with van der Waals surface area (Å²) < 4.78 is 18.7. The van der Waals surface area contributed by atoms with Crippen molar-refractivity contribution in [2.24, 2.45) is 0 Å². The van der Waals surface area contributed by atoms with Gasteiger partial charge in [0, 0.05) is 7.05 Å². The van der Waals surface area contributed by atoms with Gasteiger partial charge in [-0.1, -0.05) is 6.07 Å². The molecule has 1 aromatic heterocycles. The first-order chi connectivity index (χ1) is 9.78. The van der Waals surface area contributed by atoms with Crippen LogP contribution in [0.25, 0.3) is 10.9 Å². The first-order valence-corrected chi connectivity index (χ1v) is 6.13. The molecule has 0 radical (unpaired) electrons. The molecule has 0 atom stereocenters. The molecular weight excluding hydrogens is 257 g/mol. The Balaban J connectivity index is 2.09. The minimum absolute atomic E-state index is 0.297. The van der Waals surface area contributed by atoms with Gasteiger partial charge in [0.15, 0.2) is 0 Å². The van der Waals surface area contributed by atoms with Gasteiger partial charge in [-0.25, -0.2) is 14.4 Å². The van der Waals surface area contributed by atoms with E-state index in [1.165, 1.54) is 18.5 Å². The van der Waals surface area contributed by atoms with Gasteiger partial charge in [-0.2, -0.15) is 0 Å². The van der Waals surface area contributed by atoms with Gasteiger partial charge < -0.3 is 10.1 Å². The van der Waals surface area contributed by atoms with Crippen molar-refractivity contribution in [1.82, 2.24) is 9.97 Å². The standard InChI is InChI=1S/C15H12FN3O/c1-17-15-14-12(18-9-19-15)3-2-4-13(14)20-11-7-5-10(16)6-8-11/h2-9H,1H3,(H,17,18,19). The molecule has 0 saturated heterocycles. The molecule has 1 heterocycles. The van der Waals surface area contributed by atoms with Crippen LogP contribution in [0.1, 0.15) is 0 Å². The zero-order valence-electron chi connectivity index (χ0n) is 10.8. The van der Waals surface area contributed by atoms with Crippen LogP contribution in [0.4, 0.5) is 10.2 Å². The molecule has 0 aliphatic carbocycles. The van der Waals surface area contributed by atoms with E-state index in [0.29, 0.717) is 17.3 Å². The number of anilines is 1. The van der Waals surface area contributed by atoms with Gasteiger partial charge in [0.1, 0.15) is 29.5 Å². The number of rotatable bonds is 3. The van der Waals surface area contributed by atoms with Gasteiger partial charge in [0.25, 0.3) is 0 Å². The summed E-state index contributed by atoms with van der Waals surface area (Å²) >= 11 is 0. The Labute approximate surface area is 115 Å². The third-order valence-electron chi connectivity index (χ3n) is 2.90. The van der Waals surface area contributed by atoms with Crippen LogP contribution in [0.15, 0.2) is 48.8 Å². The molecule has 0 saturated carbocycles. The van der Waals surface area contributed by atoms with Crippen LogP contribution in [-0.2, 0) is 0 Å². The van der Waals surface area contributed by atoms with E-state index in [1.54, 1.807) is 19.2 Å². The lowest BCUT2D eigenvalue weighted by Crippen LogP contribution is -1.96. The Morgan fingerprint density at radius 3 is 2.60 bits per heavy atom. The molecule has 0 aliphatic heterocycles. The lowest BCUT2D eigenvalue weighted by atomic mass is 10.2. The minimum Gasteiger partial charge on any atom is -0.457 e. The van der Waals surface area contributed by atoms with E-state index < -0.39 is 0 Å². The van der Waals surface area contributed by atoms with Crippen LogP contribution in [0, 0.1) is 5.82 Å². The second-order valence-corrected chi connectivity index (χ2v) is 4.18. The lowest BCUT2D eigenvalue weighted by molar-refractivity contribution is 0.486. The van der Waals surface area contributed by atoms with Crippen LogP contribution in [0.3, 0.4) is 0 Å². The Kier molecular flexibility index (Phi) is 3.16. The molecule has 20 heavy (non-hydrogen) atoms. The fourth-order valence-corrected chi connectivity index (χ4v) is 1.98. The summed E-state index contributed by atoms with van der Waals surface area (Å²) in [5.41, 5.74) is 0.781. The predicted octanol–water partition coefficient (Wildman–Crippen LogP) is 3.60. The van der Waals surface area contributed by atoms with E-state index >= 15 is 0 Å². The van der Waals surface area contributed by atoms with Crippen molar-refractivity contribution in [3.05, 3.63) is 54.6 Å². The number of nitrogens with one attached hydrogen (secondary N) is 1. The Bertz CT molecular complexity index is 738. The molecule has 2 aromatic carbocycles. The molecule has 0 aliphatic rings. The van der Waals surface area contributed by atoms with Crippen LogP contribution in [0.2, 0.25) is 0 Å². The molecule has 3 aromatic rings. The Morgan fingerprint density at radius 1 is 1.05 bits per heavy atom. The van der Waals surface area contributed by atoms with Crippen LogP contribution >= 0.6 is 0 Å². The van der Waals surface area contributed by atoms with Crippen molar-refractivity contribution in [2.45, 2.75) is 0 Å². The van der Waals surface area contributed by atoms with Gasteiger partial charge in [-0.05, 0) is 36.4 Å². The number of hydrogen-bond donors (Lipinski definition) is 1. The highest BCUT2D eigenvalue weighted by Crippen LogP contribution is 2.32. The third kappa shape index (κ3) is 2.25. The van der Waals surface area contributed by atoms with Crippen molar-refractivity contribution in [3.8, 4) is 11.5 Å². The van der Waals surface area contributed by atoms with E-state index in [-0.39, 0.29) is 5.82 Å². The summed E-state index contributed by atoms with van der Waals surface area (Å²) in [6, 6.07) is 11.4. The highest BCUT2D eigenvalue weighted by atomic mass is 19.1. The van der Waals surface area contributed by atoms with Gasteiger partial charge in [-0.3, -0.25) is 0 Å². The number of hydrogen-bond acceptors (Lipinski definition) is 4. The summed E-state index contributed by atoms with van der Waals surface area (Å²) in [4.78, 5) is 8.39. The number of nitrogens with zero attached hydrogens (tertiary/aromatic N) is 2. The monoisotopic (exact) mass is 269 g/mol. The molecule has 0 unspecified atom stereocenters.